The van der Waals surface area contributed by atoms with E-state index < -0.39 is 0 Å². The molecule has 1 aliphatic heterocycles. The number of thioether (sulfide) groups is 1. The van der Waals surface area contributed by atoms with Crippen molar-refractivity contribution in [2.24, 2.45) is 0 Å². The third-order valence-electron chi connectivity index (χ3n) is 5.45. The van der Waals surface area contributed by atoms with Crippen LogP contribution in [-0.2, 0) is 9.59 Å². The van der Waals surface area contributed by atoms with Gasteiger partial charge in [-0.05, 0) is 38.8 Å². The molecule has 1 saturated carbocycles. The van der Waals surface area contributed by atoms with Crippen molar-refractivity contribution in [3.05, 3.63) is 35.7 Å². The molecule has 2 aliphatic rings. The van der Waals surface area contributed by atoms with Crippen LogP contribution in [-0.4, -0.2) is 80.9 Å². The minimum Gasteiger partial charge on any atom is -0.352 e. The maximum absolute atomic E-state index is 12.7. The van der Waals surface area contributed by atoms with E-state index in [4.69, 9.17) is 0 Å². The van der Waals surface area contributed by atoms with E-state index in [1.54, 1.807) is 0 Å². The molecule has 160 valence electrons. The highest BCUT2D eigenvalue weighted by Crippen LogP contribution is 2.23. The van der Waals surface area contributed by atoms with Crippen molar-refractivity contribution in [1.29, 1.82) is 0 Å². The summed E-state index contributed by atoms with van der Waals surface area (Å²) in [6, 6.07) is 8.58. The van der Waals surface area contributed by atoms with Crippen LogP contribution in [0.15, 0.2) is 29.4 Å². The molecule has 2 heterocycles. The SMILES string of the molecule is Cc1ccc(-n2c(C)nnc2SCC(=O)N2CCN(CC(=O)NC3CC3)CC2)cc1. The van der Waals surface area contributed by atoms with Gasteiger partial charge in [-0.1, -0.05) is 29.5 Å². The fraction of sp³-hybridized carbons (Fsp3) is 0.524. The molecule has 1 aromatic heterocycles. The standard InChI is InChI=1S/C21H28N6O2S/c1-15-3-7-18(8-4-15)27-16(2)23-24-21(27)30-14-20(29)26-11-9-25(10-12-26)13-19(28)22-17-5-6-17/h3-4,7-8,17H,5-6,9-14H2,1-2H3,(H,22,28). The number of nitrogens with one attached hydrogen (secondary N) is 1. The Hall–Kier alpha value is -2.39. The first-order valence-electron chi connectivity index (χ1n) is 10.4. The van der Waals surface area contributed by atoms with Gasteiger partial charge in [-0.25, -0.2) is 0 Å². The lowest BCUT2D eigenvalue weighted by Crippen LogP contribution is -2.51. The number of hydrogen-bond donors (Lipinski definition) is 1. The number of carbonyl (C=O) groups excluding carboxylic acids is 2. The van der Waals surface area contributed by atoms with Crippen LogP contribution in [0.3, 0.4) is 0 Å². The number of carbonyl (C=O) groups is 2. The third kappa shape index (κ3) is 5.20. The molecule has 0 bridgehead atoms. The van der Waals surface area contributed by atoms with Crippen molar-refractivity contribution in [1.82, 2.24) is 29.9 Å². The van der Waals surface area contributed by atoms with Crippen molar-refractivity contribution in [2.75, 3.05) is 38.5 Å². The molecule has 9 heteroatoms. The van der Waals surface area contributed by atoms with E-state index in [0.29, 0.717) is 31.4 Å². The van der Waals surface area contributed by atoms with Gasteiger partial charge in [-0.3, -0.25) is 19.1 Å². The molecular weight excluding hydrogens is 400 g/mol. The highest BCUT2D eigenvalue weighted by Gasteiger charge is 2.26. The molecule has 0 atom stereocenters. The number of rotatable bonds is 7. The minimum atomic E-state index is 0.0955. The molecular formula is C21H28N6O2S. The summed E-state index contributed by atoms with van der Waals surface area (Å²) in [4.78, 5) is 28.7. The van der Waals surface area contributed by atoms with Gasteiger partial charge in [0.1, 0.15) is 5.82 Å². The molecule has 1 aromatic carbocycles. The molecule has 2 amide bonds. The number of piperazine rings is 1. The monoisotopic (exact) mass is 428 g/mol. The molecule has 0 unspecified atom stereocenters. The zero-order valence-corrected chi connectivity index (χ0v) is 18.3. The summed E-state index contributed by atoms with van der Waals surface area (Å²) in [7, 11) is 0. The maximum Gasteiger partial charge on any atom is 0.234 e. The van der Waals surface area contributed by atoms with Gasteiger partial charge in [0.15, 0.2) is 5.16 Å². The van der Waals surface area contributed by atoms with Crippen LogP contribution in [0.4, 0.5) is 0 Å². The van der Waals surface area contributed by atoms with Crippen LogP contribution in [0, 0.1) is 13.8 Å². The molecule has 4 rings (SSSR count). The Morgan fingerprint density at radius 3 is 2.43 bits per heavy atom. The second-order valence-corrected chi connectivity index (χ2v) is 8.93. The van der Waals surface area contributed by atoms with E-state index in [0.717, 1.165) is 42.6 Å². The number of hydrogen-bond acceptors (Lipinski definition) is 6. The number of benzene rings is 1. The molecule has 0 spiro atoms. The Kier molecular flexibility index (Phi) is 6.38. The first kappa shape index (κ1) is 20.9. The van der Waals surface area contributed by atoms with E-state index in [1.165, 1.54) is 17.3 Å². The van der Waals surface area contributed by atoms with Crippen LogP contribution in [0.25, 0.3) is 5.69 Å². The second-order valence-electron chi connectivity index (χ2n) is 7.99. The quantitative estimate of drug-likeness (QED) is 0.672. The molecule has 30 heavy (non-hydrogen) atoms. The van der Waals surface area contributed by atoms with Crippen LogP contribution in [0.5, 0.6) is 0 Å². The number of nitrogens with zero attached hydrogens (tertiary/aromatic N) is 5. The third-order valence-corrected chi connectivity index (χ3v) is 6.36. The van der Waals surface area contributed by atoms with Crippen molar-refractivity contribution in [3.63, 3.8) is 0 Å². The Bertz CT molecular complexity index is 901. The lowest BCUT2D eigenvalue weighted by Gasteiger charge is -2.34. The lowest BCUT2D eigenvalue weighted by molar-refractivity contribution is -0.130. The fourth-order valence-corrected chi connectivity index (χ4v) is 4.40. The van der Waals surface area contributed by atoms with E-state index in [1.807, 2.05) is 28.5 Å². The Morgan fingerprint density at radius 2 is 1.77 bits per heavy atom. The molecule has 1 aliphatic carbocycles. The first-order chi connectivity index (χ1) is 14.5. The van der Waals surface area contributed by atoms with Gasteiger partial charge >= 0.3 is 0 Å². The summed E-state index contributed by atoms with van der Waals surface area (Å²) >= 11 is 1.41. The van der Waals surface area contributed by atoms with Crippen LogP contribution < -0.4 is 5.32 Å². The van der Waals surface area contributed by atoms with Gasteiger partial charge in [-0.2, -0.15) is 0 Å². The number of aryl methyl sites for hydroxylation is 2. The zero-order valence-electron chi connectivity index (χ0n) is 17.5. The molecule has 8 nitrogen and oxygen atoms in total. The van der Waals surface area contributed by atoms with Crippen LogP contribution >= 0.6 is 11.8 Å². The summed E-state index contributed by atoms with van der Waals surface area (Å²) in [5.41, 5.74) is 2.19. The number of aromatic nitrogens is 3. The summed E-state index contributed by atoms with van der Waals surface area (Å²) in [5, 5.41) is 12.2. The smallest absolute Gasteiger partial charge is 0.234 e. The Morgan fingerprint density at radius 1 is 1.07 bits per heavy atom. The van der Waals surface area contributed by atoms with Crippen molar-refractivity contribution in [2.45, 2.75) is 37.9 Å². The van der Waals surface area contributed by atoms with Gasteiger partial charge in [0.25, 0.3) is 0 Å². The van der Waals surface area contributed by atoms with Gasteiger partial charge in [0, 0.05) is 37.9 Å². The highest BCUT2D eigenvalue weighted by atomic mass is 32.2. The van der Waals surface area contributed by atoms with Gasteiger partial charge < -0.3 is 10.2 Å². The van der Waals surface area contributed by atoms with E-state index in [9.17, 15) is 9.59 Å². The van der Waals surface area contributed by atoms with E-state index >= 15 is 0 Å². The van der Waals surface area contributed by atoms with Gasteiger partial charge in [-0.15, -0.1) is 10.2 Å². The van der Waals surface area contributed by atoms with Gasteiger partial charge in [0.05, 0.1) is 12.3 Å². The van der Waals surface area contributed by atoms with E-state index in [2.05, 4.69) is 39.5 Å². The topological polar surface area (TPSA) is 83.4 Å². The van der Waals surface area contributed by atoms with Crippen molar-refractivity contribution in [3.8, 4) is 5.69 Å². The predicted octanol–water partition coefficient (Wildman–Crippen LogP) is 1.40. The fourth-order valence-electron chi connectivity index (χ4n) is 3.50. The highest BCUT2D eigenvalue weighted by molar-refractivity contribution is 7.99. The lowest BCUT2D eigenvalue weighted by atomic mass is 10.2. The normalized spacial score (nSPS) is 17.2. The number of amides is 2. The van der Waals surface area contributed by atoms with Crippen LogP contribution in [0.2, 0.25) is 0 Å². The maximum atomic E-state index is 12.7. The zero-order chi connectivity index (χ0) is 21.1. The first-order valence-corrected chi connectivity index (χ1v) is 11.4. The van der Waals surface area contributed by atoms with Crippen molar-refractivity contribution < 1.29 is 9.59 Å². The molecule has 1 saturated heterocycles. The molecule has 0 radical (unpaired) electrons. The predicted molar refractivity (Wildman–Crippen MR) is 116 cm³/mol. The summed E-state index contributed by atoms with van der Waals surface area (Å²) in [6.45, 7) is 7.15. The largest absolute Gasteiger partial charge is 0.352 e. The van der Waals surface area contributed by atoms with Gasteiger partial charge in [0.2, 0.25) is 11.8 Å². The molecule has 2 aromatic rings. The van der Waals surface area contributed by atoms with Crippen molar-refractivity contribution >= 4 is 23.6 Å². The van der Waals surface area contributed by atoms with E-state index in [-0.39, 0.29) is 11.8 Å². The van der Waals surface area contributed by atoms with Crippen LogP contribution in [0.1, 0.15) is 24.2 Å². The summed E-state index contributed by atoms with van der Waals surface area (Å²) < 4.78 is 1.98. The minimum absolute atomic E-state index is 0.0955. The average molecular weight is 429 g/mol. The average Bonchev–Trinajstić information content (AvgIpc) is 3.47. The summed E-state index contributed by atoms with van der Waals surface area (Å²) in [6.07, 6.45) is 2.20. The molecule has 2 fully saturated rings. The Balaban J connectivity index is 1.27. The summed E-state index contributed by atoms with van der Waals surface area (Å²) in [5.74, 6) is 1.32. The Labute approximate surface area is 181 Å². The second kappa shape index (κ2) is 9.18. The molecule has 1 N–H and O–H groups in total.